The lowest BCUT2D eigenvalue weighted by atomic mass is 10.2. The average molecular weight is 370 g/mol. The number of nitrogens with zero attached hydrogens (tertiary/aromatic N) is 1. The van der Waals surface area contributed by atoms with E-state index in [0.717, 1.165) is 21.9 Å². The molecule has 1 heterocycles. The van der Waals surface area contributed by atoms with Crippen molar-refractivity contribution < 1.29 is 13.9 Å². The third-order valence-electron chi connectivity index (χ3n) is 3.78. The van der Waals surface area contributed by atoms with Crippen molar-refractivity contribution in [3.05, 3.63) is 64.9 Å². The van der Waals surface area contributed by atoms with Crippen LogP contribution >= 0.6 is 11.3 Å². The van der Waals surface area contributed by atoms with Crippen LogP contribution in [0.2, 0.25) is 0 Å². The van der Waals surface area contributed by atoms with E-state index in [-0.39, 0.29) is 18.1 Å². The zero-order valence-corrected chi connectivity index (χ0v) is 15.4. The molecule has 0 radical (unpaired) electrons. The minimum Gasteiger partial charge on any atom is -0.494 e. The van der Waals surface area contributed by atoms with Crippen molar-refractivity contribution in [3.63, 3.8) is 0 Å². The normalized spacial score (nSPS) is 10.6. The number of halogens is 1. The molecule has 1 N–H and O–H groups in total. The van der Waals surface area contributed by atoms with Gasteiger partial charge in [-0.25, -0.2) is 9.37 Å². The first kappa shape index (κ1) is 18.1. The Hall–Kier alpha value is -2.73. The fourth-order valence-corrected chi connectivity index (χ4v) is 3.29. The van der Waals surface area contributed by atoms with Gasteiger partial charge in [0.1, 0.15) is 16.6 Å². The van der Waals surface area contributed by atoms with Gasteiger partial charge in [-0.3, -0.25) is 4.79 Å². The Kier molecular flexibility index (Phi) is 5.63. The summed E-state index contributed by atoms with van der Waals surface area (Å²) in [5.41, 5.74) is 2.96. The van der Waals surface area contributed by atoms with Crippen LogP contribution in [0.15, 0.2) is 47.8 Å². The summed E-state index contributed by atoms with van der Waals surface area (Å²) >= 11 is 1.48. The Morgan fingerprint density at radius 3 is 2.73 bits per heavy atom. The van der Waals surface area contributed by atoms with Crippen LogP contribution in [-0.2, 0) is 11.2 Å². The third-order valence-corrected chi connectivity index (χ3v) is 4.72. The number of aromatic nitrogens is 1. The molecule has 0 aliphatic carbocycles. The monoisotopic (exact) mass is 370 g/mol. The summed E-state index contributed by atoms with van der Waals surface area (Å²) in [6, 6.07) is 12.0. The van der Waals surface area contributed by atoms with Crippen molar-refractivity contribution in [3.8, 4) is 16.3 Å². The molecule has 0 bridgehead atoms. The molecule has 0 aliphatic heterocycles. The van der Waals surface area contributed by atoms with Gasteiger partial charge in [-0.2, -0.15) is 0 Å². The highest BCUT2D eigenvalue weighted by Gasteiger charge is 2.11. The molecule has 6 heteroatoms. The molecule has 2 aromatic carbocycles. The molecular formula is C20H19FN2O2S. The molecule has 0 spiro atoms. The summed E-state index contributed by atoms with van der Waals surface area (Å²) in [4.78, 5) is 16.7. The Bertz CT molecular complexity index is 906. The van der Waals surface area contributed by atoms with Crippen LogP contribution in [0, 0.1) is 12.7 Å². The first-order valence-corrected chi connectivity index (χ1v) is 9.16. The predicted octanol–water partition coefficient (Wildman–Crippen LogP) is 4.84. The van der Waals surface area contributed by atoms with E-state index in [4.69, 9.17) is 4.74 Å². The fraction of sp³-hybridized carbons (Fsp3) is 0.200. The van der Waals surface area contributed by atoms with Crippen molar-refractivity contribution in [1.29, 1.82) is 0 Å². The van der Waals surface area contributed by atoms with E-state index in [0.29, 0.717) is 18.0 Å². The topological polar surface area (TPSA) is 51.2 Å². The maximum atomic E-state index is 13.3. The number of nitrogens with one attached hydrogen (secondary N) is 1. The zero-order valence-electron chi connectivity index (χ0n) is 14.6. The van der Waals surface area contributed by atoms with Crippen LogP contribution in [0.4, 0.5) is 10.1 Å². The molecule has 0 saturated heterocycles. The molecule has 3 rings (SSSR count). The SMILES string of the molecule is CCOc1ccc(-c2nc(CC(=O)Nc3cc(F)ccc3C)cs2)cc1. The summed E-state index contributed by atoms with van der Waals surface area (Å²) in [5, 5.41) is 5.45. The van der Waals surface area contributed by atoms with Gasteiger partial charge in [0.25, 0.3) is 0 Å². The third kappa shape index (κ3) is 4.46. The number of aryl methyl sites for hydroxylation is 1. The highest BCUT2D eigenvalue weighted by molar-refractivity contribution is 7.13. The molecular weight excluding hydrogens is 351 g/mol. The molecule has 3 aromatic rings. The van der Waals surface area contributed by atoms with Gasteiger partial charge >= 0.3 is 0 Å². The number of hydrogen-bond acceptors (Lipinski definition) is 4. The van der Waals surface area contributed by atoms with Crippen LogP contribution in [0.25, 0.3) is 10.6 Å². The highest BCUT2D eigenvalue weighted by Crippen LogP contribution is 2.26. The minimum absolute atomic E-state index is 0.142. The lowest BCUT2D eigenvalue weighted by Gasteiger charge is -2.07. The van der Waals surface area contributed by atoms with Crippen molar-refractivity contribution in [2.45, 2.75) is 20.3 Å². The average Bonchev–Trinajstić information content (AvgIpc) is 3.07. The lowest BCUT2D eigenvalue weighted by molar-refractivity contribution is -0.115. The van der Waals surface area contributed by atoms with Gasteiger partial charge in [0.2, 0.25) is 5.91 Å². The maximum Gasteiger partial charge on any atom is 0.230 e. The van der Waals surface area contributed by atoms with Gasteiger partial charge in [0, 0.05) is 16.6 Å². The van der Waals surface area contributed by atoms with Gasteiger partial charge in [-0.05, 0) is 55.8 Å². The van der Waals surface area contributed by atoms with Crippen molar-refractivity contribution in [2.75, 3.05) is 11.9 Å². The largest absolute Gasteiger partial charge is 0.494 e. The fourth-order valence-electron chi connectivity index (χ4n) is 2.47. The Morgan fingerprint density at radius 2 is 2.00 bits per heavy atom. The van der Waals surface area contributed by atoms with E-state index in [1.807, 2.05) is 43.5 Å². The zero-order chi connectivity index (χ0) is 18.5. The van der Waals surface area contributed by atoms with Crippen molar-refractivity contribution in [1.82, 2.24) is 4.98 Å². The second kappa shape index (κ2) is 8.10. The summed E-state index contributed by atoms with van der Waals surface area (Å²) in [6.07, 6.45) is 0.142. The number of anilines is 1. The van der Waals surface area contributed by atoms with E-state index in [9.17, 15) is 9.18 Å². The number of thiazole rings is 1. The predicted molar refractivity (Wildman–Crippen MR) is 102 cm³/mol. The number of rotatable bonds is 6. The quantitative estimate of drug-likeness (QED) is 0.676. The molecule has 26 heavy (non-hydrogen) atoms. The first-order chi connectivity index (χ1) is 12.5. The molecule has 0 fully saturated rings. The molecule has 134 valence electrons. The van der Waals surface area contributed by atoms with Crippen LogP contribution in [0.1, 0.15) is 18.2 Å². The van der Waals surface area contributed by atoms with E-state index in [1.54, 1.807) is 6.07 Å². The number of carbonyl (C=O) groups excluding carboxylic acids is 1. The van der Waals surface area contributed by atoms with Crippen molar-refractivity contribution >= 4 is 22.9 Å². The van der Waals surface area contributed by atoms with Gasteiger partial charge < -0.3 is 10.1 Å². The van der Waals surface area contributed by atoms with Gasteiger partial charge in [0.05, 0.1) is 18.7 Å². The smallest absolute Gasteiger partial charge is 0.230 e. The van der Waals surface area contributed by atoms with Crippen molar-refractivity contribution in [2.24, 2.45) is 0 Å². The van der Waals surface area contributed by atoms with E-state index in [1.165, 1.54) is 23.5 Å². The van der Waals surface area contributed by atoms with Gasteiger partial charge in [0.15, 0.2) is 0 Å². The minimum atomic E-state index is -0.377. The maximum absolute atomic E-state index is 13.3. The lowest BCUT2D eigenvalue weighted by Crippen LogP contribution is -2.15. The number of hydrogen-bond donors (Lipinski definition) is 1. The number of amides is 1. The summed E-state index contributed by atoms with van der Waals surface area (Å²) in [5.74, 6) is 0.220. The number of ether oxygens (including phenoxy) is 1. The second-order valence-electron chi connectivity index (χ2n) is 5.79. The second-order valence-corrected chi connectivity index (χ2v) is 6.64. The molecule has 0 atom stereocenters. The van der Waals surface area contributed by atoms with Crippen LogP contribution in [-0.4, -0.2) is 17.5 Å². The van der Waals surface area contributed by atoms with E-state index >= 15 is 0 Å². The summed E-state index contributed by atoms with van der Waals surface area (Å²) in [6.45, 7) is 4.39. The number of carbonyl (C=O) groups is 1. The Balaban J connectivity index is 1.66. The molecule has 0 unspecified atom stereocenters. The molecule has 0 saturated carbocycles. The molecule has 0 aliphatic rings. The van der Waals surface area contributed by atoms with E-state index in [2.05, 4.69) is 10.3 Å². The highest BCUT2D eigenvalue weighted by atomic mass is 32.1. The van der Waals surface area contributed by atoms with E-state index < -0.39 is 0 Å². The van der Waals surface area contributed by atoms with Gasteiger partial charge in [-0.15, -0.1) is 11.3 Å². The Morgan fingerprint density at radius 1 is 1.23 bits per heavy atom. The standard InChI is InChI=1S/C20H19FN2O2S/c1-3-25-17-8-5-14(6-9-17)20-22-16(12-26-20)11-19(24)23-18-10-15(21)7-4-13(18)2/h4-10,12H,3,11H2,1-2H3,(H,23,24). The van der Waals surface area contributed by atoms with Crippen LogP contribution < -0.4 is 10.1 Å². The summed E-state index contributed by atoms with van der Waals surface area (Å²) in [7, 11) is 0. The van der Waals surface area contributed by atoms with Crippen LogP contribution in [0.3, 0.4) is 0 Å². The number of benzene rings is 2. The van der Waals surface area contributed by atoms with Crippen LogP contribution in [0.5, 0.6) is 5.75 Å². The summed E-state index contributed by atoms with van der Waals surface area (Å²) < 4.78 is 18.8. The van der Waals surface area contributed by atoms with Gasteiger partial charge in [-0.1, -0.05) is 6.07 Å². The Labute approximate surface area is 155 Å². The molecule has 4 nitrogen and oxygen atoms in total. The first-order valence-electron chi connectivity index (χ1n) is 8.29. The molecule has 1 amide bonds. The molecule has 1 aromatic heterocycles.